The number of thiocarbonyl (C=S) groups is 1. The Morgan fingerprint density at radius 2 is 1.59 bits per heavy atom. The first kappa shape index (κ1) is 26.1. The van der Waals surface area contributed by atoms with Crippen LogP contribution in [0.15, 0.2) is 72.8 Å². The number of benzene rings is 4. The second-order valence-electron chi connectivity index (χ2n) is 9.14. The molecule has 0 bridgehead atoms. The first-order chi connectivity index (χ1) is 18.9. The quantitative estimate of drug-likeness (QED) is 0.251. The van der Waals surface area contributed by atoms with Crippen molar-refractivity contribution in [2.24, 2.45) is 0 Å². The number of hydrogen-bond acceptors (Lipinski definition) is 6. The number of fused-ring (bicyclic) bond motifs is 2. The molecule has 0 aliphatic carbocycles. The third kappa shape index (κ3) is 5.39. The average Bonchev–Trinajstić information content (AvgIpc) is 3.36. The largest absolute Gasteiger partial charge is 0.496 e. The van der Waals surface area contributed by atoms with Gasteiger partial charge in [-0.2, -0.15) is 4.80 Å². The minimum atomic E-state index is -0.354. The number of nitrogens with zero attached hydrogens (tertiary/aromatic N) is 4. The minimum Gasteiger partial charge on any atom is -0.496 e. The molecule has 1 aromatic heterocycles. The predicted molar refractivity (Wildman–Crippen MR) is 161 cm³/mol. The molecule has 1 heterocycles. The molecular formula is C30H30N6O2S. The molecule has 0 aliphatic rings. The number of hydrogen-bond donors (Lipinski definition) is 2. The summed E-state index contributed by atoms with van der Waals surface area (Å²) in [5, 5.41) is 17.3. The van der Waals surface area contributed by atoms with Crippen molar-refractivity contribution in [3.63, 3.8) is 0 Å². The van der Waals surface area contributed by atoms with E-state index in [0.717, 1.165) is 46.3 Å². The number of aryl methyl sites for hydroxylation is 1. The standard InChI is InChI=1S/C30H30N6O2S/c1-5-35(6-2)22-11-13-23(14-12-22)36-33-26-15-19(3)25(18-27(26)34-36)31-30(39)32-29(37)24-16-20-9-7-8-10-21(20)17-28(24)38-4/h7-18H,5-6H2,1-4H3,(H2,31,32,37,39). The molecule has 0 fully saturated rings. The Morgan fingerprint density at radius 1 is 0.949 bits per heavy atom. The highest BCUT2D eigenvalue weighted by Gasteiger charge is 2.16. The monoisotopic (exact) mass is 538 g/mol. The summed E-state index contributed by atoms with van der Waals surface area (Å²) in [6.45, 7) is 8.14. The van der Waals surface area contributed by atoms with Gasteiger partial charge < -0.3 is 15.0 Å². The Hall–Kier alpha value is -4.50. The highest BCUT2D eigenvalue weighted by Crippen LogP contribution is 2.27. The van der Waals surface area contributed by atoms with Crippen LogP contribution in [0.4, 0.5) is 11.4 Å². The van der Waals surface area contributed by atoms with Crippen molar-refractivity contribution in [1.82, 2.24) is 20.3 Å². The fourth-order valence-electron chi connectivity index (χ4n) is 4.59. The van der Waals surface area contributed by atoms with Crippen LogP contribution in [0.1, 0.15) is 29.8 Å². The summed E-state index contributed by atoms with van der Waals surface area (Å²) >= 11 is 5.48. The summed E-state index contributed by atoms with van der Waals surface area (Å²) in [7, 11) is 1.54. The van der Waals surface area contributed by atoms with E-state index >= 15 is 0 Å². The normalized spacial score (nSPS) is 11.0. The van der Waals surface area contributed by atoms with Crippen molar-refractivity contribution >= 4 is 56.4 Å². The number of methoxy groups -OCH3 is 1. The molecule has 5 rings (SSSR count). The van der Waals surface area contributed by atoms with E-state index in [2.05, 4.69) is 51.7 Å². The Kier molecular flexibility index (Phi) is 7.42. The first-order valence-corrected chi connectivity index (χ1v) is 13.2. The van der Waals surface area contributed by atoms with Gasteiger partial charge in [-0.15, -0.1) is 10.2 Å². The highest BCUT2D eigenvalue weighted by molar-refractivity contribution is 7.80. The van der Waals surface area contributed by atoms with E-state index in [4.69, 9.17) is 17.0 Å². The molecule has 5 aromatic rings. The summed E-state index contributed by atoms with van der Waals surface area (Å²) in [5.74, 6) is 0.126. The molecule has 4 aromatic carbocycles. The lowest BCUT2D eigenvalue weighted by Gasteiger charge is -2.20. The maximum Gasteiger partial charge on any atom is 0.261 e. The third-order valence-corrected chi connectivity index (χ3v) is 6.93. The van der Waals surface area contributed by atoms with Gasteiger partial charge in [0.2, 0.25) is 0 Å². The van der Waals surface area contributed by atoms with Crippen LogP contribution in [0.25, 0.3) is 27.5 Å². The summed E-state index contributed by atoms with van der Waals surface area (Å²) in [5.41, 5.74) is 5.58. The lowest BCUT2D eigenvalue weighted by Crippen LogP contribution is -2.34. The maximum atomic E-state index is 13.1. The van der Waals surface area contributed by atoms with Gasteiger partial charge in [0.15, 0.2) is 5.11 Å². The van der Waals surface area contributed by atoms with Crippen LogP contribution < -0.4 is 20.3 Å². The van der Waals surface area contributed by atoms with Crippen LogP contribution in [0.3, 0.4) is 0 Å². The minimum absolute atomic E-state index is 0.178. The van der Waals surface area contributed by atoms with Crippen LogP contribution in [-0.2, 0) is 0 Å². The van der Waals surface area contributed by atoms with Crippen LogP contribution in [0.5, 0.6) is 5.75 Å². The zero-order chi connectivity index (χ0) is 27.5. The van der Waals surface area contributed by atoms with Crippen molar-refractivity contribution in [2.45, 2.75) is 20.8 Å². The molecule has 39 heavy (non-hydrogen) atoms. The van der Waals surface area contributed by atoms with Gasteiger partial charge in [0, 0.05) is 24.5 Å². The number of rotatable bonds is 7. The summed E-state index contributed by atoms with van der Waals surface area (Å²) in [4.78, 5) is 17.0. The van der Waals surface area contributed by atoms with Crippen molar-refractivity contribution in [1.29, 1.82) is 0 Å². The molecule has 0 spiro atoms. The van der Waals surface area contributed by atoms with Crippen LogP contribution >= 0.6 is 12.2 Å². The molecule has 8 nitrogen and oxygen atoms in total. The Bertz CT molecular complexity index is 1680. The van der Waals surface area contributed by atoms with E-state index in [-0.39, 0.29) is 11.0 Å². The number of carbonyl (C=O) groups excluding carboxylic acids is 1. The van der Waals surface area contributed by atoms with Crippen molar-refractivity contribution in [3.8, 4) is 11.4 Å². The average molecular weight is 539 g/mol. The molecule has 0 atom stereocenters. The van der Waals surface area contributed by atoms with E-state index in [1.165, 1.54) is 5.69 Å². The predicted octanol–water partition coefficient (Wildman–Crippen LogP) is 5.86. The highest BCUT2D eigenvalue weighted by atomic mass is 32.1. The van der Waals surface area contributed by atoms with Gasteiger partial charge in [-0.25, -0.2) is 0 Å². The Labute approximate surface area is 232 Å². The lowest BCUT2D eigenvalue weighted by atomic mass is 10.1. The zero-order valence-electron chi connectivity index (χ0n) is 22.4. The van der Waals surface area contributed by atoms with Gasteiger partial charge in [0.05, 0.1) is 18.4 Å². The van der Waals surface area contributed by atoms with Crippen LogP contribution in [0, 0.1) is 6.92 Å². The number of carbonyl (C=O) groups is 1. The summed E-state index contributed by atoms with van der Waals surface area (Å²) in [6.07, 6.45) is 0. The third-order valence-electron chi connectivity index (χ3n) is 6.72. The summed E-state index contributed by atoms with van der Waals surface area (Å²) in [6, 6.07) is 23.5. The molecule has 2 N–H and O–H groups in total. The SMILES string of the molecule is CCN(CC)c1ccc(-n2nc3cc(C)c(NC(=S)NC(=O)c4cc5ccccc5cc4OC)cc3n2)cc1. The number of aromatic nitrogens is 3. The van der Waals surface area contributed by atoms with E-state index in [1.807, 2.05) is 61.5 Å². The topological polar surface area (TPSA) is 84.3 Å². The Morgan fingerprint density at radius 3 is 2.23 bits per heavy atom. The molecule has 0 radical (unpaired) electrons. The van der Waals surface area contributed by atoms with Crippen LogP contribution in [-0.4, -0.2) is 46.2 Å². The van der Waals surface area contributed by atoms with Gasteiger partial charge in [-0.3, -0.25) is 10.1 Å². The summed E-state index contributed by atoms with van der Waals surface area (Å²) < 4.78 is 5.47. The second-order valence-corrected chi connectivity index (χ2v) is 9.55. The number of ether oxygens (including phenoxy) is 1. The smallest absolute Gasteiger partial charge is 0.261 e. The number of amides is 1. The molecule has 1 amide bonds. The van der Waals surface area contributed by atoms with E-state index in [0.29, 0.717) is 16.8 Å². The number of nitrogens with one attached hydrogen (secondary N) is 2. The molecule has 0 saturated heterocycles. The molecule has 0 saturated carbocycles. The molecule has 0 aliphatic heterocycles. The van der Waals surface area contributed by atoms with Gasteiger partial charge in [0.1, 0.15) is 16.8 Å². The van der Waals surface area contributed by atoms with Gasteiger partial charge >= 0.3 is 0 Å². The molecule has 198 valence electrons. The maximum absolute atomic E-state index is 13.1. The van der Waals surface area contributed by atoms with Crippen LogP contribution in [0.2, 0.25) is 0 Å². The fourth-order valence-corrected chi connectivity index (χ4v) is 4.80. The van der Waals surface area contributed by atoms with Crippen molar-refractivity contribution in [2.75, 3.05) is 30.4 Å². The van der Waals surface area contributed by atoms with E-state index in [1.54, 1.807) is 18.0 Å². The molecule has 0 unspecified atom stereocenters. The van der Waals surface area contributed by atoms with Gasteiger partial charge in [-0.05, 0) is 97.9 Å². The lowest BCUT2D eigenvalue weighted by molar-refractivity contribution is 0.0975. The first-order valence-electron chi connectivity index (χ1n) is 12.8. The van der Waals surface area contributed by atoms with Crippen molar-refractivity contribution in [3.05, 3.63) is 83.9 Å². The van der Waals surface area contributed by atoms with E-state index < -0.39 is 0 Å². The fraction of sp³-hybridized carbons (Fsp3) is 0.200. The molecule has 9 heteroatoms. The van der Waals surface area contributed by atoms with E-state index in [9.17, 15) is 4.79 Å². The Balaban J connectivity index is 1.34. The number of anilines is 2. The van der Waals surface area contributed by atoms with Crippen molar-refractivity contribution < 1.29 is 9.53 Å². The zero-order valence-corrected chi connectivity index (χ0v) is 23.2. The van der Waals surface area contributed by atoms with Gasteiger partial charge in [-0.1, -0.05) is 24.3 Å². The van der Waals surface area contributed by atoms with Gasteiger partial charge in [0.25, 0.3) is 5.91 Å². The second kappa shape index (κ2) is 11.1. The molecular weight excluding hydrogens is 508 g/mol.